The summed E-state index contributed by atoms with van der Waals surface area (Å²) in [7, 11) is 0. The minimum Gasteiger partial charge on any atom is -0.321 e. The number of amidine groups is 1. The highest BCUT2D eigenvalue weighted by Crippen LogP contribution is 2.31. The SMILES string of the molecule is Cc1nc(NC(=O)C2(C)CC(=O)N=C3C=CC=CN32)sc1C(=O)Nc1ccccc1. The van der Waals surface area contributed by atoms with Crippen LogP contribution < -0.4 is 10.6 Å². The molecule has 0 bridgehead atoms. The van der Waals surface area contributed by atoms with Crippen molar-refractivity contribution in [1.82, 2.24) is 9.88 Å². The summed E-state index contributed by atoms with van der Waals surface area (Å²) in [5.74, 6) is -0.636. The first-order valence-corrected chi connectivity index (χ1v) is 10.1. The number of fused-ring (bicyclic) bond motifs is 1. The summed E-state index contributed by atoms with van der Waals surface area (Å²) in [6.45, 7) is 3.39. The number of nitrogens with zero attached hydrogens (tertiary/aromatic N) is 3. The smallest absolute Gasteiger partial charge is 0.267 e. The number of carbonyl (C=O) groups excluding carboxylic acids is 3. The van der Waals surface area contributed by atoms with E-state index in [1.807, 2.05) is 18.2 Å². The summed E-state index contributed by atoms with van der Waals surface area (Å²) in [4.78, 5) is 48.2. The lowest BCUT2D eigenvalue weighted by molar-refractivity contribution is -0.130. The van der Waals surface area contributed by atoms with E-state index < -0.39 is 11.4 Å². The molecule has 4 rings (SSSR count). The van der Waals surface area contributed by atoms with Crippen LogP contribution >= 0.6 is 11.3 Å². The first-order valence-electron chi connectivity index (χ1n) is 9.28. The van der Waals surface area contributed by atoms with E-state index in [0.29, 0.717) is 27.2 Å². The highest BCUT2D eigenvalue weighted by atomic mass is 32.1. The molecule has 30 heavy (non-hydrogen) atoms. The largest absolute Gasteiger partial charge is 0.321 e. The number of para-hydroxylation sites is 1. The molecule has 1 atom stereocenters. The van der Waals surface area contributed by atoms with E-state index in [9.17, 15) is 14.4 Å². The molecule has 0 saturated carbocycles. The number of hydrogen-bond acceptors (Lipinski definition) is 6. The van der Waals surface area contributed by atoms with Crippen molar-refractivity contribution in [3.05, 3.63) is 65.3 Å². The van der Waals surface area contributed by atoms with Crippen LogP contribution in [0.2, 0.25) is 0 Å². The van der Waals surface area contributed by atoms with Gasteiger partial charge in [0.05, 0.1) is 12.1 Å². The number of aromatic nitrogens is 1. The van der Waals surface area contributed by atoms with Gasteiger partial charge in [-0.25, -0.2) is 4.98 Å². The Kier molecular flexibility index (Phi) is 5.04. The number of allylic oxidation sites excluding steroid dienone is 2. The number of thiazole rings is 1. The molecule has 2 N–H and O–H groups in total. The molecule has 9 heteroatoms. The molecule has 0 radical (unpaired) electrons. The van der Waals surface area contributed by atoms with Crippen molar-refractivity contribution in [3.8, 4) is 0 Å². The van der Waals surface area contributed by atoms with Gasteiger partial charge in [-0.3, -0.25) is 19.7 Å². The van der Waals surface area contributed by atoms with Gasteiger partial charge in [0.25, 0.3) is 17.7 Å². The van der Waals surface area contributed by atoms with Crippen molar-refractivity contribution >= 4 is 45.7 Å². The fraction of sp³-hybridized carbons (Fsp3) is 0.190. The van der Waals surface area contributed by atoms with Gasteiger partial charge in [-0.2, -0.15) is 4.99 Å². The minimum absolute atomic E-state index is 0.0633. The standard InChI is InChI=1S/C21H19N5O3S/c1-13-17(18(28)23-14-8-4-3-5-9-14)30-20(22-13)25-19(29)21(2)12-16(27)24-15-10-6-7-11-26(15)21/h3-11H,12H2,1-2H3,(H,23,28)(H,22,25,29). The summed E-state index contributed by atoms with van der Waals surface area (Å²) in [5, 5.41) is 5.88. The normalized spacial score (nSPS) is 19.9. The maximum absolute atomic E-state index is 13.1. The Labute approximate surface area is 177 Å². The average Bonchev–Trinajstić information content (AvgIpc) is 3.08. The van der Waals surface area contributed by atoms with Gasteiger partial charge in [0.1, 0.15) is 16.3 Å². The van der Waals surface area contributed by atoms with Crippen LogP contribution in [0.4, 0.5) is 10.8 Å². The first-order chi connectivity index (χ1) is 14.4. The van der Waals surface area contributed by atoms with E-state index in [0.717, 1.165) is 11.3 Å². The average molecular weight is 421 g/mol. The molecule has 0 saturated heterocycles. The van der Waals surface area contributed by atoms with Crippen molar-refractivity contribution in [2.45, 2.75) is 25.8 Å². The monoisotopic (exact) mass is 421 g/mol. The summed E-state index contributed by atoms with van der Waals surface area (Å²) < 4.78 is 0. The Morgan fingerprint density at radius 3 is 2.70 bits per heavy atom. The number of carbonyl (C=O) groups is 3. The number of benzene rings is 1. The second-order valence-electron chi connectivity index (χ2n) is 7.09. The van der Waals surface area contributed by atoms with Crippen molar-refractivity contribution in [2.24, 2.45) is 4.99 Å². The van der Waals surface area contributed by atoms with Gasteiger partial charge in [-0.1, -0.05) is 35.6 Å². The lowest BCUT2D eigenvalue weighted by Crippen LogP contribution is -2.58. The predicted octanol–water partition coefficient (Wildman–Crippen LogP) is 3.12. The Balaban J connectivity index is 1.53. The van der Waals surface area contributed by atoms with Gasteiger partial charge >= 0.3 is 0 Å². The summed E-state index contributed by atoms with van der Waals surface area (Å²) >= 11 is 1.09. The van der Waals surface area contributed by atoms with Crippen molar-refractivity contribution in [2.75, 3.05) is 10.6 Å². The van der Waals surface area contributed by atoms with Crippen molar-refractivity contribution in [3.63, 3.8) is 0 Å². The molecule has 0 aliphatic carbocycles. The molecule has 8 nitrogen and oxygen atoms in total. The molecule has 3 heterocycles. The predicted molar refractivity (Wildman–Crippen MR) is 115 cm³/mol. The van der Waals surface area contributed by atoms with Crippen molar-refractivity contribution in [1.29, 1.82) is 0 Å². The van der Waals surface area contributed by atoms with Crippen LogP contribution in [0.25, 0.3) is 0 Å². The first kappa shape index (κ1) is 19.7. The van der Waals surface area contributed by atoms with E-state index in [4.69, 9.17) is 0 Å². The summed E-state index contributed by atoms with van der Waals surface area (Å²) in [5.41, 5.74) is 0.0316. The van der Waals surface area contributed by atoms with Crippen LogP contribution in [-0.4, -0.2) is 39.0 Å². The number of aryl methyl sites for hydroxylation is 1. The third-order valence-corrected chi connectivity index (χ3v) is 5.92. The van der Waals surface area contributed by atoms with Crippen LogP contribution in [0, 0.1) is 6.92 Å². The zero-order valence-electron chi connectivity index (χ0n) is 16.4. The molecule has 2 aromatic rings. The Morgan fingerprint density at radius 2 is 1.93 bits per heavy atom. The summed E-state index contributed by atoms with van der Waals surface area (Å²) in [6, 6.07) is 9.10. The fourth-order valence-electron chi connectivity index (χ4n) is 3.28. The van der Waals surface area contributed by atoms with Gasteiger partial charge in [0, 0.05) is 11.9 Å². The summed E-state index contributed by atoms with van der Waals surface area (Å²) in [6.07, 6.45) is 6.87. The van der Waals surface area contributed by atoms with E-state index in [-0.39, 0.29) is 18.2 Å². The lowest BCUT2D eigenvalue weighted by Gasteiger charge is -2.41. The van der Waals surface area contributed by atoms with Crippen LogP contribution in [0.1, 0.15) is 28.7 Å². The van der Waals surface area contributed by atoms with Crippen LogP contribution in [0.5, 0.6) is 0 Å². The molecule has 1 unspecified atom stereocenters. The minimum atomic E-state index is -1.15. The van der Waals surface area contributed by atoms with Crippen LogP contribution in [-0.2, 0) is 9.59 Å². The topological polar surface area (TPSA) is 104 Å². The molecule has 0 spiro atoms. The van der Waals surface area contributed by atoms with Crippen molar-refractivity contribution < 1.29 is 14.4 Å². The number of anilines is 2. The quantitative estimate of drug-likeness (QED) is 0.789. The maximum Gasteiger partial charge on any atom is 0.267 e. The van der Waals surface area contributed by atoms with E-state index >= 15 is 0 Å². The lowest BCUT2D eigenvalue weighted by atomic mass is 9.91. The number of amides is 3. The molecule has 152 valence electrons. The molecule has 3 amide bonds. The Hall–Kier alpha value is -3.59. The van der Waals surface area contributed by atoms with Gasteiger partial charge in [0.2, 0.25) is 0 Å². The third kappa shape index (κ3) is 3.67. The number of nitrogens with one attached hydrogen (secondary N) is 2. The van der Waals surface area contributed by atoms with Crippen LogP contribution in [0.15, 0.2) is 59.8 Å². The fourth-order valence-corrected chi connectivity index (χ4v) is 4.14. The molecular weight excluding hydrogens is 402 g/mol. The zero-order chi connectivity index (χ0) is 21.3. The molecule has 1 aromatic carbocycles. The number of hydrogen-bond donors (Lipinski definition) is 2. The molecular formula is C21H19N5O3S. The van der Waals surface area contributed by atoms with Gasteiger partial charge in [-0.15, -0.1) is 0 Å². The number of aliphatic imine (C=N–C) groups is 1. The van der Waals surface area contributed by atoms with Gasteiger partial charge in [0.15, 0.2) is 5.13 Å². The second kappa shape index (κ2) is 7.68. The highest BCUT2D eigenvalue weighted by Gasteiger charge is 2.45. The highest BCUT2D eigenvalue weighted by molar-refractivity contribution is 7.17. The van der Waals surface area contributed by atoms with Gasteiger partial charge < -0.3 is 10.2 Å². The van der Waals surface area contributed by atoms with Gasteiger partial charge in [-0.05, 0) is 38.1 Å². The maximum atomic E-state index is 13.1. The Morgan fingerprint density at radius 1 is 1.17 bits per heavy atom. The molecule has 1 aromatic heterocycles. The molecule has 2 aliphatic rings. The van der Waals surface area contributed by atoms with E-state index in [1.165, 1.54) is 0 Å². The Bertz CT molecular complexity index is 1120. The third-order valence-electron chi connectivity index (χ3n) is 4.85. The van der Waals surface area contributed by atoms with E-state index in [2.05, 4.69) is 20.6 Å². The van der Waals surface area contributed by atoms with E-state index in [1.54, 1.807) is 55.3 Å². The second-order valence-corrected chi connectivity index (χ2v) is 8.09. The molecule has 0 fully saturated rings. The van der Waals surface area contributed by atoms with Crippen LogP contribution in [0.3, 0.4) is 0 Å². The number of rotatable bonds is 4. The zero-order valence-corrected chi connectivity index (χ0v) is 17.2. The molecule has 2 aliphatic heterocycles.